The van der Waals surface area contributed by atoms with Gasteiger partial charge in [-0.1, -0.05) is 23.7 Å². The van der Waals surface area contributed by atoms with E-state index >= 15 is 0 Å². The van der Waals surface area contributed by atoms with E-state index in [4.69, 9.17) is 11.6 Å². The van der Waals surface area contributed by atoms with Crippen LogP contribution in [0.5, 0.6) is 0 Å². The number of aryl methyl sites for hydroxylation is 1. The van der Waals surface area contributed by atoms with Crippen molar-refractivity contribution < 1.29 is 9.72 Å². The molecule has 0 radical (unpaired) electrons. The highest BCUT2D eigenvalue weighted by molar-refractivity contribution is 7.98. The molecule has 1 heterocycles. The lowest BCUT2D eigenvalue weighted by Gasteiger charge is -2.10. The molecule has 0 fully saturated rings. The van der Waals surface area contributed by atoms with E-state index in [1.807, 2.05) is 24.4 Å². The van der Waals surface area contributed by atoms with Crippen molar-refractivity contribution in [1.82, 2.24) is 4.98 Å². The molecule has 1 N–H and O–H groups in total. The average molecular weight is 420 g/mol. The highest BCUT2D eigenvalue weighted by Crippen LogP contribution is 2.30. The predicted molar refractivity (Wildman–Crippen MR) is 109 cm³/mol. The van der Waals surface area contributed by atoms with Gasteiger partial charge in [-0.25, -0.2) is 4.98 Å². The van der Waals surface area contributed by atoms with E-state index in [0.717, 1.165) is 15.6 Å². The van der Waals surface area contributed by atoms with E-state index in [0.29, 0.717) is 17.0 Å². The molecule has 138 valence electrons. The van der Waals surface area contributed by atoms with Crippen LogP contribution in [0.3, 0.4) is 0 Å². The number of aromatic nitrogens is 1. The molecule has 0 atom stereocenters. The third-order valence-corrected chi connectivity index (χ3v) is 5.82. The molecule has 0 aliphatic carbocycles. The third kappa shape index (κ3) is 4.85. The maximum absolute atomic E-state index is 12.7. The fourth-order valence-corrected chi connectivity index (χ4v) is 4.18. The monoisotopic (exact) mass is 419 g/mol. The molecule has 9 heteroatoms. The van der Waals surface area contributed by atoms with Gasteiger partial charge in [0.2, 0.25) is 0 Å². The van der Waals surface area contributed by atoms with Crippen molar-refractivity contribution in [2.45, 2.75) is 17.6 Å². The van der Waals surface area contributed by atoms with Crippen LogP contribution in [-0.4, -0.2) is 15.8 Å². The van der Waals surface area contributed by atoms with Gasteiger partial charge in [-0.3, -0.25) is 14.9 Å². The van der Waals surface area contributed by atoms with Gasteiger partial charge in [0.25, 0.3) is 11.6 Å². The van der Waals surface area contributed by atoms with Gasteiger partial charge < -0.3 is 5.32 Å². The summed E-state index contributed by atoms with van der Waals surface area (Å²) < 4.78 is 0. The number of thiazole rings is 1. The van der Waals surface area contributed by atoms with Gasteiger partial charge in [-0.2, -0.15) is 0 Å². The van der Waals surface area contributed by atoms with Crippen molar-refractivity contribution in [1.29, 1.82) is 0 Å². The maximum Gasteiger partial charge on any atom is 0.289 e. The van der Waals surface area contributed by atoms with E-state index in [1.54, 1.807) is 23.5 Å². The predicted octanol–water partition coefficient (Wildman–Crippen LogP) is 5.56. The molecule has 6 nitrogen and oxygen atoms in total. The van der Waals surface area contributed by atoms with Crippen LogP contribution in [0.2, 0.25) is 5.02 Å². The summed E-state index contributed by atoms with van der Waals surface area (Å²) in [7, 11) is 0. The highest BCUT2D eigenvalue weighted by atomic mass is 35.5. The number of halogens is 1. The molecular weight excluding hydrogens is 406 g/mol. The third-order valence-electron chi connectivity index (χ3n) is 3.57. The number of carbonyl (C=O) groups is 1. The van der Waals surface area contributed by atoms with Gasteiger partial charge in [0, 0.05) is 27.8 Å². The Labute approximate surface area is 168 Å². The molecule has 0 unspecified atom stereocenters. The number of nitro groups is 1. The first-order chi connectivity index (χ1) is 12.9. The number of carbonyl (C=O) groups excluding carboxylic acids is 1. The summed E-state index contributed by atoms with van der Waals surface area (Å²) in [6, 6.07) is 11.4. The first kappa shape index (κ1) is 19.3. The zero-order valence-electron chi connectivity index (χ0n) is 14.1. The van der Waals surface area contributed by atoms with Crippen molar-refractivity contribution in [3.8, 4) is 0 Å². The Hall–Kier alpha value is -2.42. The van der Waals surface area contributed by atoms with Gasteiger partial charge in [0.1, 0.15) is 5.02 Å². The van der Waals surface area contributed by atoms with Crippen molar-refractivity contribution >= 4 is 52.0 Å². The number of anilines is 1. The minimum Gasteiger partial charge on any atom is -0.322 e. The largest absolute Gasteiger partial charge is 0.322 e. The highest BCUT2D eigenvalue weighted by Gasteiger charge is 2.16. The smallest absolute Gasteiger partial charge is 0.289 e. The Morgan fingerprint density at radius 2 is 2.11 bits per heavy atom. The topological polar surface area (TPSA) is 85.1 Å². The van der Waals surface area contributed by atoms with Crippen LogP contribution in [0.15, 0.2) is 52.7 Å². The summed E-state index contributed by atoms with van der Waals surface area (Å²) in [5.41, 5.74) is 1.51. The second kappa shape index (κ2) is 8.51. The summed E-state index contributed by atoms with van der Waals surface area (Å²) in [5.74, 6) is 0.310. The maximum atomic E-state index is 12.7. The van der Waals surface area contributed by atoms with Crippen LogP contribution in [0.4, 0.5) is 11.4 Å². The summed E-state index contributed by atoms with van der Waals surface area (Å²) in [6.45, 7) is 1.95. The molecule has 1 amide bonds. The van der Waals surface area contributed by atoms with Crippen molar-refractivity contribution in [3.05, 3.63) is 79.2 Å². The molecule has 0 bridgehead atoms. The molecule has 0 aliphatic heterocycles. The first-order valence-corrected chi connectivity index (χ1v) is 10.1. The summed E-state index contributed by atoms with van der Waals surface area (Å²) >= 11 is 8.91. The minimum absolute atomic E-state index is 0.0208. The Kier molecular flexibility index (Phi) is 6.10. The molecule has 3 aromatic rings. The van der Waals surface area contributed by atoms with Crippen LogP contribution in [0.25, 0.3) is 0 Å². The quantitative estimate of drug-likeness (QED) is 0.321. The Morgan fingerprint density at radius 1 is 1.33 bits per heavy atom. The van der Waals surface area contributed by atoms with Gasteiger partial charge in [0.05, 0.1) is 21.2 Å². The van der Waals surface area contributed by atoms with Crippen molar-refractivity contribution in [3.63, 3.8) is 0 Å². The van der Waals surface area contributed by atoms with E-state index in [2.05, 4.69) is 10.3 Å². The lowest BCUT2D eigenvalue weighted by molar-refractivity contribution is -0.384. The average Bonchev–Trinajstić information content (AvgIpc) is 3.07. The molecular formula is C18H14ClN3O3S2. The number of nitrogens with zero attached hydrogens (tertiary/aromatic N) is 2. The Bertz CT molecular complexity index is 1010. The molecule has 0 saturated heterocycles. The number of hydrogen-bond donors (Lipinski definition) is 1. The lowest BCUT2D eigenvalue weighted by atomic mass is 10.2. The lowest BCUT2D eigenvalue weighted by Crippen LogP contribution is -2.13. The molecule has 3 rings (SSSR count). The number of nitrogens with one attached hydrogen (secondary N) is 1. The molecule has 0 saturated carbocycles. The normalized spacial score (nSPS) is 10.6. The summed E-state index contributed by atoms with van der Waals surface area (Å²) in [6.07, 6.45) is 0. The van der Waals surface area contributed by atoms with Gasteiger partial charge >= 0.3 is 0 Å². The molecule has 0 aliphatic rings. The second-order valence-corrected chi connectivity index (χ2v) is 8.01. The molecule has 0 spiro atoms. The standard InChI is InChI=1S/C18H14ClN3O3S2/c1-11-20-13(9-26-11)10-27-17-5-3-2-4-14(17)18(23)21-12-6-7-15(19)16(8-12)22(24)25/h2-9H,10H2,1H3,(H,21,23). The molecule has 2 aromatic carbocycles. The van der Waals surface area contributed by atoms with E-state index in [9.17, 15) is 14.9 Å². The molecule has 1 aromatic heterocycles. The fourth-order valence-electron chi connectivity index (χ4n) is 2.34. The summed E-state index contributed by atoms with van der Waals surface area (Å²) in [5, 5.41) is 16.7. The second-order valence-electron chi connectivity index (χ2n) is 5.52. The Balaban J connectivity index is 1.77. The van der Waals surface area contributed by atoms with Crippen LogP contribution in [0.1, 0.15) is 21.1 Å². The van der Waals surface area contributed by atoms with E-state index < -0.39 is 4.92 Å². The van der Waals surface area contributed by atoms with Crippen LogP contribution in [0, 0.1) is 17.0 Å². The zero-order chi connectivity index (χ0) is 19.4. The zero-order valence-corrected chi connectivity index (χ0v) is 16.5. The van der Waals surface area contributed by atoms with Gasteiger partial charge in [-0.05, 0) is 31.2 Å². The summed E-state index contributed by atoms with van der Waals surface area (Å²) in [4.78, 5) is 28.3. The van der Waals surface area contributed by atoms with Crippen LogP contribution < -0.4 is 5.32 Å². The Morgan fingerprint density at radius 3 is 2.81 bits per heavy atom. The number of thioether (sulfide) groups is 1. The minimum atomic E-state index is -0.586. The van der Waals surface area contributed by atoms with Gasteiger partial charge in [0.15, 0.2) is 0 Å². The molecule has 27 heavy (non-hydrogen) atoms. The first-order valence-electron chi connectivity index (χ1n) is 7.82. The SMILES string of the molecule is Cc1nc(CSc2ccccc2C(=O)Nc2ccc(Cl)c([N+](=O)[O-])c2)cs1. The number of hydrogen-bond acceptors (Lipinski definition) is 6. The van der Waals surface area contributed by atoms with Crippen molar-refractivity contribution in [2.75, 3.05) is 5.32 Å². The van der Waals surface area contributed by atoms with Crippen LogP contribution >= 0.6 is 34.7 Å². The van der Waals surface area contributed by atoms with Crippen molar-refractivity contribution in [2.24, 2.45) is 0 Å². The van der Waals surface area contributed by atoms with Gasteiger partial charge in [-0.15, -0.1) is 23.1 Å². The number of benzene rings is 2. The van der Waals surface area contributed by atoms with E-state index in [-0.39, 0.29) is 16.6 Å². The number of amides is 1. The van der Waals surface area contributed by atoms with Crippen LogP contribution in [-0.2, 0) is 5.75 Å². The van der Waals surface area contributed by atoms with E-state index in [1.165, 1.54) is 30.0 Å². The number of rotatable bonds is 6. The fraction of sp³-hybridized carbons (Fsp3) is 0.111. The number of nitro benzene ring substituents is 1.